The van der Waals surface area contributed by atoms with Crippen LogP contribution in [0.5, 0.6) is 0 Å². The van der Waals surface area contributed by atoms with Gasteiger partial charge in [0.15, 0.2) is 0 Å². The second-order valence-electron chi connectivity index (χ2n) is 3.01. The number of primary amides is 1. The van der Waals surface area contributed by atoms with E-state index >= 15 is 0 Å². The Morgan fingerprint density at radius 2 is 1.82 bits per heavy atom. The fourth-order valence-electron chi connectivity index (χ4n) is 0.994. The molecule has 1 aromatic carbocycles. The molecule has 0 fully saturated rings. The number of benzene rings is 1. The lowest BCUT2D eigenvalue weighted by molar-refractivity contribution is -0.167. The topological polar surface area (TPSA) is 72.2 Å². The summed E-state index contributed by atoms with van der Waals surface area (Å²) in [4.78, 5) is 21.3. The summed E-state index contributed by atoms with van der Waals surface area (Å²) in [6, 6.07) is 2.33. The van der Waals surface area contributed by atoms with Crippen LogP contribution in [-0.4, -0.2) is 18.0 Å². The van der Waals surface area contributed by atoms with Gasteiger partial charge in [0.25, 0.3) is 5.91 Å². The van der Waals surface area contributed by atoms with Gasteiger partial charge in [-0.3, -0.25) is 9.59 Å². The number of carbonyl (C=O) groups is 2. The number of anilines is 1. The lowest BCUT2D eigenvalue weighted by Crippen LogP contribution is -2.30. The zero-order valence-electron chi connectivity index (χ0n) is 8.14. The Morgan fingerprint density at radius 1 is 1.24 bits per heavy atom. The number of alkyl halides is 3. The minimum Gasteiger partial charge on any atom is -0.366 e. The standard InChI is InChI=1S/C9H6F4N2O2/c10-6-2-1-4(3-5(6)7(14)16)15-8(17)9(11,12)13/h1-3H,(H2,14,16)(H,15,17). The predicted octanol–water partition coefficient (Wildman–Crippen LogP) is 1.43. The van der Waals surface area contributed by atoms with E-state index in [0.717, 1.165) is 18.2 Å². The second kappa shape index (κ2) is 4.40. The molecule has 0 bridgehead atoms. The van der Waals surface area contributed by atoms with E-state index in [1.54, 1.807) is 0 Å². The molecule has 0 aliphatic carbocycles. The van der Waals surface area contributed by atoms with Gasteiger partial charge in [-0.05, 0) is 18.2 Å². The average molecular weight is 250 g/mol. The molecule has 92 valence electrons. The first-order chi connectivity index (χ1) is 7.71. The molecule has 2 amide bonds. The number of rotatable bonds is 2. The number of carbonyl (C=O) groups excluding carboxylic acids is 2. The van der Waals surface area contributed by atoms with Crippen molar-refractivity contribution in [3.05, 3.63) is 29.6 Å². The Kier molecular flexibility index (Phi) is 3.35. The quantitative estimate of drug-likeness (QED) is 0.779. The number of halogens is 4. The van der Waals surface area contributed by atoms with Gasteiger partial charge in [-0.1, -0.05) is 0 Å². The summed E-state index contributed by atoms with van der Waals surface area (Å²) >= 11 is 0. The maximum absolute atomic E-state index is 13.0. The van der Waals surface area contributed by atoms with Gasteiger partial charge < -0.3 is 11.1 Å². The molecule has 1 rings (SSSR count). The zero-order valence-corrected chi connectivity index (χ0v) is 8.14. The molecular weight excluding hydrogens is 244 g/mol. The Balaban J connectivity index is 2.98. The molecule has 3 N–H and O–H groups in total. The van der Waals surface area contributed by atoms with Crippen molar-refractivity contribution in [3.63, 3.8) is 0 Å². The van der Waals surface area contributed by atoms with Crippen molar-refractivity contribution < 1.29 is 27.2 Å². The number of nitrogens with one attached hydrogen (secondary N) is 1. The van der Waals surface area contributed by atoms with Crippen LogP contribution in [0.15, 0.2) is 18.2 Å². The molecule has 0 spiro atoms. The van der Waals surface area contributed by atoms with Crippen molar-refractivity contribution >= 4 is 17.5 Å². The maximum atomic E-state index is 13.0. The minimum atomic E-state index is -5.07. The van der Waals surface area contributed by atoms with Crippen molar-refractivity contribution in [3.8, 4) is 0 Å². The lowest BCUT2D eigenvalue weighted by Gasteiger charge is -2.08. The van der Waals surface area contributed by atoms with Crippen molar-refractivity contribution in [2.75, 3.05) is 5.32 Å². The molecule has 0 saturated carbocycles. The number of nitrogens with two attached hydrogens (primary N) is 1. The molecule has 4 nitrogen and oxygen atoms in total. The molecule has 0 radical (unpaired) electrons. The minimum absolute atomic E-state index is 0.373. The average Bonchev–Trinajstić information content (AvgIpc) is 2.19. The van der Waals surface area contributed by atoms with E-state index in [4.69, 9.17) is 5.73 Å². The Hall–Kier alpha value is -2.12. The molecule has 0 unspecified atom stereocenters. The highest BCUT2D eigenvalue weighted by Gasteiger charge is 2.38. The van der Waals surface area contributed by atoms with Crippen molar-refractivity contribution in [1.82, 2.24) is 0 Å². The summed E-state index contributed by atoms with van der Waals surface area (Å²) in [6.07, 6.45) is -5.07. The molecule has 1 aromatic rings. The van der Waals surface area contributed by atoms with E-state index in [2.05, 4.69) is 0 Å². The van der Waals surface area contributed by atoms with Gasteiger partial charge in [0.05, 0.1) is 5.56 Å². The van der Waals surface area contributed by atoms with Gasteiger partial charge >= 0.3 is 12.1 Å². The van der Waals surface area contributed by atoms with Crippen LogP contribution in [0, 0.1) is 5.82 Å². The highest BCUT2D eigenvalue weighted by molar-refractivity contribution is 5.98. The normalized spacial score (nSPS) is 11.1. The fraction of sp³-hybridized carbons (Fsp3) is 0.111. The summed E-state index contributed by atoms with van der Waals surface area (Å²) in [7, 11) is 0. The highest BCUT2D eigenvalue weighted by atomic mass is 19.4. The van der Waals surface area contributed by atoms with Crippen LogP contribution in [0.4, 0.5) is 23.2 Å². The third-order valence-corrected chi connectivity index (χ3v) is 1.75. The summed E-state index contributed by atoms with van der Waals surface area (Å²) in [5.74, 6) is -4.35. The monoisotopic (exact) mass is 250 g/mol. The Bertz CT molecular complexity index is 471. The van der Waals surface area contributed by atoms with Crippen molar-refractivity contribution in [2.24, 2.45) is 5.73 Å². The first kappa shape index (κ1) is 12.9. The lowest BCUT2D eigenvalue weighted by atomic mass is 10.2. The number of amides is 2. The summed E-state index contributed by atoms with van der Waals surface area (Å²) in [5, 5.41) is 1.47. The van der Waals surface area contributed by atoms with Crippen molar-refractivity contribution in [1.29, 1.82) is 0 Å². The van der Waals surface area contributed by atoms with Crippen LogP contribution < -0.4 is 11.1 Å². The number of hydrogen-bond donors (Lipinski definition) is 2. The van der Waals surface area contributed by atoms with E-state index in [1.165, 1.54) is 5.32 Å². The molecule has 17 heavy (non-hydrogen) atoms. The Labute approximate surface area is 92.4 Å². The molecular formula is C9H6F4N2O2. The zero-order chi connectivity index (χ0) is 13.2. The third kappa shape index (κ3) is 3.16. The molecule has 0 atom stereocenters. The van der Waals surface area contributed by atoms with Crippen LogP contribution in [0.1, 0.15) is 10.4 Å². The van der Waals surface area contributed by atoms with E-state index in [0.29, 0.717) is 0 Å². The largest absolute Gasteiger partial charge is 0.471 e. The van der Waals surface area contributed by atoms with Gasteiger partial charge in [0.2, 0.25) is 0 Å². The van der Waals surface area contributed by atoms with Gasteiger partial charge in [-0.15, -0.1) is 0 Å². The van der Waals surface area contributed by atoms with Gasteiger partial charge in [-0.25, -0.2) is 4.39 Å². The SMILES string of the molecule is NC(=O)c1cc(NC(=O)C(F)(F)F)ccc1F. The summed E-state index contributed by atoms with van der Waals surface area (Å²) in [6.45, 7) is 0. The van der Waals surface area contributed by atoms with Gasteiger partial charge in [0.1, 0.15) is 5.82 Å². The van der Waals surface area contributed by atoms with Gasteiger partial charge in [-0.2, -0.15) is 13.2 Å². The molecule has 0 aliphatic rings. The Morgan fingerprint density at radius 3 is 2.29 bits per heavy atom. The van der Waals surface area contributed by atoms with Crippen LogP contribution in [0.3, 0.4) is 0 Å². The van der Waals surface area contributed by atoms with E-state index in [-0.39, 0.29) is 5.69 Å². The first-order valence-corrected chi connectivity index (χ1v) is 4.19. The van der Waals surface area contributed by atoms with Gasteiger partial charge in [0, 0.05) is 5.69 Å². The summed E-state index contributed by atoms with van der Waals surface area (Å²) in [5.41, 5.74) is 3.81. The third-order valence-electron chi connectivity index (χ3n) is 1.75. The smallest absolute Gasteiger partial charge is 0.366 e. The van der Waals surface area contributed by atoms with E-state index in [9.17, 15) is 27.2 Å². The van der Waals surface area contributed by atoms with Crippen LogP contribution in [-0.2, 0) is 4.79 Å². The van der Waals surface area contributed by atoms with Crippen LogP contribution in [0.2, 0.25) is 0 Å². The molecule has 0 aromatic heterocycles. The predicted molar refractivity (Wildman–Crippen MR) is 49.6 cm³/mol. The highest BCUT2D eigenvalue weighted by Crippen LogP contribution is 2.19. The van der Waals surface area contributed by atoms with Crippen LogP contribution in [0.25, 0.3) is 0 Å². The summed E-state index contributed by atoms with van der Waals surface area (Å²) < 4.78 is 48.6. The maximum Gasteiger partial charge on any atom is 0.471 e. The first-order valence-electron chi connectivity index (χ1n) is 4.19. The second-order valence-corrected chi connectivity index (χ2v) is 3.01. The molecule has 0 saturated heterocycles. The molecule has 0 aliphatic heterocycles. The number of hydrogen-bond acceptors (Lipinski definition) is 2. The molecule has 0 heterocycles. The molecule has 8 heteroatoms. The van der Waals surface area contributed by atoms with Crippen molar-refractivity contribution in [2.45, 2.75) is 6.18 Å². The van der Waals surface area contributed by atoms with Crippen LogP contribution >= 0.6 is 0 Å². The van der Waals surface area contributed by atoms with E-state index in [1.807, 2.05) is 0 Å². The fourth-order valence-corrected chi connectivity index (χ4v) is 0.994. The van der Waals surface area contributed by atoms with E-state index < -0.39 is 29.4 Å².